The minimum atomic E-state index is 0.0932. The fourth-order valence-corrected chi connectivity index (χ4v) is 2.34. The van der Waals surface area contributed by atoms with Crippen molar-refractivity contribution in [3.8, 4) is 5.75 Å². The molecular weight excluding hydrogens is 248 g/mol. The van der Waals surface area contributed by atoms with Gasteiger partial charge >= 0.3 is 0 Å². The molecule has 0 spiro atoms. The summed E-state index contributed by atoms with van der Waals surface area (Å²) in [7, 11) is 0. The van der Waals surface area contributed by atoms with E-state index in [9.17, 15) is 0 Å². The van der Waals surface area contributed by atoms with Crippen molar-refractivity contribution < 1.29 is 4.74 Å². The van der Waals surface area contributed by atoms with Gasteiger partial charge in [-0.1, -0.05) is 50.5 Å². The van der Waals surface area contributed by atoms with Gasteiger partial charge in [0.25, 0.3) is 0 Å². The highest BCUT2D eigenvalue weighted by Gasteiger charge is 2.08. The lowest BCUT2D eigenvalue weighted by Crippen LogP contribution is -2.11. The Hall–Kier alpha value is -2.03. The Morgan fingerprint density at radius 2 is 1.80 bits per heavy atom. The van der Waals surface area contributed by atoms with Gasteiger partial charge in [0.05, 0.1) is 6.61 Å². The minimum absolute atomic E-state index is 0.0932. The molecule has 20 heavy (non-hydrogen) atoms. The van der Waals surface area contributed by atoms with E-state index < -0.39 is 0 Å². The van der Waals surface area contributed by atoms with Crippen LogP contribution in [-0.4, -0.2) is 12.4 Å². The van der Waals surface area contributed by atoms with Crippen molar-refractivity contribution in [2.75, 3.05) is 6.61 Å². The third-order valence-electron chi connectivity index (χ3n) is 3.43. The van der Waals surface area contributed by atoms with Crippen LogP contribution in [0.5, 0.6) is 5.75 Å². The maximum atomic E-state index is 7.64. The lowest BCUT2D eigenvalue weighted by molar-refractivity contribution is 0.308. The molecule has 0 radical (unpaired) electrons. The molecule has 0 aliphatic rings. The molecule has 106 valence electrons. The highest BCUT2D eigenvalue weighted by atomic mass is 16.5. The van der Waals surface area contributed by atoms with E-state index in [0.717, 1.165) is 35.1 Å². The number of nitrogens with two attached hydrogens (primary N) is 1. The maximum Gasteiger partial charge on any atom is 0.127 e. The van der Waals surface area contributed by atoms with Gasteiger partial charge in [0, 0.05) is 10.9 Å². The summed E-state index contributed by atoms with van der Waals surface area (Å²) in [4.78, 5) is 0. The summed E-state index contributed by atoms with van der Waals surface area (Å²) < 4.78 is 5.89. The highest BCUT2D eigenvalue weighted by Crippen LogP contribution is 2.28. The van der Waals surface area contributed by atoms with Crippen LogP contribution in [0.15, 0.2) is 36.4 Å². The third-order valence-corrected chi connectivity index (χ3v) is 3.43. The summed E-state index contributed by atoms with van der Waals surface area (Å²) in [6.07, 6.45) is 4.78. The number of nitrogens with one attached hydrogen (secondary N) is 1. The molecule has 3 heteroatoms. The Morgan fingerprint density at radius 1 is 1.05 bits per heavy atom. The molecule has 0 aliphatic carbocycles. The second-order valence-corrected chi connectivity index (χ2v) is 4.98. The van der Waals surface area contributed by atoms with E-state index in [1.807, 2.05) is 36.4 Å². The summed E-state index contributed by atoms with van der Waals surface area (Å²) in [6.45, 7) is 2.94. The van der Waals surface area contributed by atoms with Crippen LogP contribution >= 0.6 is 0 Å². The van der Waals surface area contributed by atoms with Gasteiger partial charge in [0.2, 0.25) is 0 Å². The zero-order chi connectivity index (χ0) is 14.4. The van der Waals surface area contributed by atoms with Crippen LogP contribution < -0.4 is 10.5 Å². The van der Waals surface area contributed by atoms with Crippen molar-refractivity contribution in [1.82, 2.24) is 0 Å². The number of benzene rings is 2. The molecule has 3 nitrogen and oxygen atoms in total. The molecule has 0 fully saturated rings. The molecule has 0 aromatic heterocycles. The maximum absolute atomic E-state index is 7.64. The van der Waals surface area contributed by atoms with Gasteiger partial charge in [-0.3, -0.25) is 5.41 Å². The van der Waals surface area contributed by atoms with Crippen molar-refractivity contribution in [2.45, 2.75) is 32.6 Å². The van der Waals surface area contributed by atoms with E-state index in [-0.39, 0.29) is 5.84 Å². The summed E-state index contributed by atoms with van der Waals surface area (Å²) >= 11 is 0. The first-order valence-electron chi connectivity index (χ1n) is 7.23. The molecule has 0 aliphatic heterocycles. The normalized spacial score (nSPS) is 10.7. The van der Waals surface area contributed by atoms with E-state index in [1.54, 1.807) is 0 Å². The topological polar surface area (TPSA) is 59.1 Å². The Kier molecular flexibility index (Phi) is 4.99. The van der Waals surface area contributed by atoms with Gasteiger partial charge < -0.3 is 10.5 Å². The summed E-state index contributed by atoms with van der Waals surface area (Å²) in [5.74, 6) is 0.970. The monoisotopic (exact) mass is 270 g/mol. The van der Waals surface area contributed by atoms with E-state index >= 15 is 0 Å². The van der Waals surface area contributed by atoms with Crippen LogP contribution in [0.2, 0.25) is 0 Å². The fourth-order valence-electron chi connectivity index (χ4n) is 2.34. The molecule has 0 atom stereocenters. The smallest absolute Gasteiger partial charge is 0.127 e. The standard InChI is InChI=1S/C17H22N2O/c1-2-3-4-7-12-20-16-11-10-15(17(18)19)13-8-5-6-9-14(13)16/h5-6,8-11H,2-4,7,12H2,1H3,(H3,18,19). The van der Waals surface area contributed by atoms with Gasteiger partial charge in [-0.25, -0.2) is 0 Å². The second kappa shape index (κ2) is 6.94. The van der Waals surface area contributed by atoms with E-state index in [0.29, 0.717) is 0 Å². The molecule has 0 bridgehead atoms. The Balaban J connectivity index is 2.18. The zero-order valence-corrected chi connectivity index (χ0v) is 12.0. The second-order valence-electron chi connectivity index (χ2n) is 4.98. The van der Waals surface area contributed by atoms with Crippen molar-refractivity contribution >= 4 is 16.6 Å². The van der Waals surface area contributed by atoms with Crippen LogP contribution in [0, 0.1) is 5.41 Å². The Morgan fingerprint density at radius 3 is 2.50 bits per heavy atom. The van der Waals surface area contributed by atoms with Gasteiger partial charge in [-0.2, -0.15) is 0 Å². The van der Waals surface area contributed by atoms with Crippen LogP contribution in [0.4, 0.5) is 0 Å². The van der Waals surface area contributed by atoms with Crippen molar-refractivity contribution in [1.29, 1.82) is 5.41 Å². The Bertz CT molecular complexity index is 593. The number of rotatable bonds is 7. The van der Waals surface area contributed by atoms with Gasteiger partial charge in [-0.15, -0.1) is 0 Å². The number of hydrogen-bond acceptors (Lipinski definition) is 2. The van der Waals surface area contributed by atoms with E-state index in [2.05, 4.69) is 6.92 Å². The van der Waals surface area contributed by atoms with Crippen LogP contribution in [-0.2, 0) is 0 Å². The number of fused-ring (bicyclic) bond motifs is 1. The number of nitrogen functional groups attached to an aromatic ring is 1. The molecule has 0 saturated heterocycles. The summed E-state index contributed by atoms with van der Waals surface area (Å²) in [5.41, 5.74) is 6.39. The highest BCUT2D eigenvalue weighted by molar-refractivity contribution is 6.09. The van der Waals surface area contributed by atoms with Crippen LogP contribution in [0.3, 0.4) is 0 Å². The lowest BCUT2D eigenvalue weighted by atomic mass is 10.0. The first-order valence-corrected chi connectivity index (χ1v) is 7.23. The Labute approximate surface area is 120 Å². The lowest BCUT2D eigenvalue weighted by Gasteiger charge is -2.12. The van der Waals surface area contributed by atoms with Gasteiger partial charge in [0.1, 0.15) is 11.6 Å². The predicted octanol–water partition coefficient (Wildman–Crippen LogP) is 4.08. The van der Waals surface area contributed by atoms with Gasteiger partial charge in [0.15, 0.2) is 0 Å². The first-order chi connectivity index (χ1) is 9.74. The van der Waals surface area contributed by atoms with Crippen molar-refractivity contribution in [2.24, 2.45) is 5.73 Å². The third kappa shape index (κ3) is 3.29. The fraction of sp³-hybridized carbons (Fsp3) is 0.353. The molecule has 0 amide bonds. The molecule has 3 N–H and O–H groups in total. The van der Waals surface area contributed by atoms with Gasteiger partial charge in [-0.05, 0) is 23.9 Å². The SMILES string of the molecule is CCCCCCOc1ccc(C(=N)N)c2ccccc12. The van der Waals surface area contributed by atoms with Crippen LogP contribution in [0.1, 0.15) is 38.2 Å². The average Bonchev–Trinajstić information content (AvgIpc) is 2.46. The number of hydrogen-bond donors (Lipinski definition) is 2. The minimum Gasteiger partial charge on any atom is -0.493 e. The number of ether oxygens (including phenoxy) is 1. The first kappa shape index (κ1) is 14.4. The molecule has 0 heterocycles. The molecule has 2 aromatic rings. The predicted molar refractivity (Wildman–Crippen MR) is 84.6 cm³/mol. The summed E-state index contributed by atoms with van der Waals surface area (Å²) in [5, 5.41) is 9.64. The molecule has 0 saturated carbocycles. The largest absolute Gasteiger partial charge is 0.493 e. The van der Waals surface area contributed by atoms with E-state index in [1.165, 1.54) is 19.3 Å². The molecular formula is C17H22N2O. The molecule has 2 aromatic carbocycles. The molecule has 0 unspecified atom stereocenters. The number of amidine groups is 1. The molecule has 2 rings (SSSR count). The van der Waals surface area contributed by atoms with Crippen molar-refractivity contribution in [3.63, 3.8) is 0 Å². The van der Waals surface area contributed by atoms with Crippen LogP contribution in [0.25, 0.3) is 10.8 Å². The zero-order valence-electron chi connectivity index (χ0n) is 12.0. The van der Waals surface area contributed by atoms with E-state index in [4.69, 9.17) is 15.9 Å². The number of unbranched alkanes of at least 4 members (excludes halogenated alkanes) is 3. The quantitative estimate of drug-likeness (QED) is 0.452. The summed E-state index contributed by atoms with van der Waals surface area (Å²) in [6, 6.07) is 11.7. The average molecular weight is 270 g/mol. The van der Waals surface area contributed by atoms with Crippen molar-refractivity contribution in [3.05, 3.63) is 42.0 Å².